The fraction of sp³-hybridized carbons (Fsp3) is 0.897. The van der Waals surface area contributed by atoms with E-state index in [1.165, 1.54) is 0 Å². The molecule has 0 amide bonds. The maximum Gasteiger partial charge on any atom is 0.318 e. The summed E-state index contributed by atoms with van der Waals surface area (Å²) in [6, 6.07) is 0. The molecule has 0 aromatic rings. The average Bonchev–Trinajstić information content (AvgIpc) is 2.91. The van der Waals surface area contributed by atoms with Crippen LogP contribution in [0, 0.1) is 45.8 Å². The lowest BCUT2D eigenvalue weighted by Gasteiger charge is -2.49. The Kier molecular flexibility index (Phi) is 7.12. The fourth-order valence-corrected chi connectivity index (χ4v) is 7.50. The van der Waals surface area contributed by atoms with Crippen molar-refractivity contribution < 1.29 is 29.0 Å². The van der Waals surface area contributed by atoms with Gasteiger partial charge in [0, 0.05) is 0 Å². The Hall–Kier alpha value is -1.43. The van der Waals surface area contributed by atoms with Crippen LogP contribution in [0.4, 0.5) is 0 Å². The monoisotopic (exact) mass is 492 g/mol. The predicted molar refractivity (Wildman–Crippen MR) is 134 cm³/mol. The second-order valence-corrected chi connectivity index (χ2v) is 15.3. The van der Waals surface area contributed by atoms with Gasteiger partial charge < -0.3 is 14.6 Å². The number of rotatable bonds is 5. The van der Waals surface area contributed by atoms with Crippen molar-refractivity contribution in [2.24, 2.45) is 45.8 Å². The molecule has 2 saturated carbocycles. The van der Waals surface area contributed by atoms with Crippen LogP contribution in [-0.4, -0.2) is 34.2 Å². The van der Waals surface area contributed by atoms with Crippen LogP contribution < -0.4 is 0 Å². The van der Waals surface area contributed by atoms with Gasteiger partial charge in [-0.25, -0.2) is 0 Å². The third kappa shape index (κ3) is 6.11. The molecular formula is C29H48O6. The highest BCUT2D eigenvalue weighted by molar-refractivity contribution is 5.97. The molecule has 0 aromatic carbocycles. The standard InChI is InChI=1S/C29H48O6/c1-25(2,3)19(16-27(7,8)21-20(26(4,5)6)23(31)34-24(21)32)22(30)35-29(10)14-17-11-18(15-29)13-28(9,33)12-17/h17-21,33H,11-16H2,1-10H3. The number of carbonyl (C=O) groups excluding carboxylic acids is 3. The van der Waals surface area contributed by atoms with Crippen LogP contribution >= 0.6 is 0 Å². The molecule has 2 aliphatic carbocycles. The second kappa shape index (κ2) is 8.85. The van der Waals surface area contributed by atoms with Crippen LogP contribution in [0.15, 0.2) is 0 Å². The second-order valence-electron chi connectivity index (χ2n) is 15.3. The summed E-state index contributed by atoms with van der Waals surface area (Å²) in [5.74, 6) is -2.08. The molecule has 35 heavy (non-hydrogen) atoms. The first kappa shape index (κ1) is 28.1. The molecule has 1 saturated heterocycles. The topological polar surface area (TPSA) is 89.9 Å². The Morgan fingerprint density at radius 3 is 1.89 bits per heavy atom. The number of fused-ring (bicyclic) bond motifs is 2. The normalized spacial score (nSPS) is 37.1. The van der Waals surface area contributed by atoms with Crippen LogP contribution in [0.25, 0.3) is 0 Å². The van der Waals surface area contributed by atoms with Gasteiger partial charge in [-0.3, -0.25) is 14.4 Å². The third-order valence-electron chi connectivity index (χ3n) is 8.79. The van der Waals surface area contributed by atoms with Crippen molar-refractivity contribution in [3.63, 3.8) is 0 Å². The molecule has 1 N–H and O–H groups in total. The minimum Gasteiger partial charge on any atom is -0.459 e. The van der Waals surface area contributed by atoms with Crippen molar-refractivity contribution >= 4 is 17.9 Å². The summed E-state index contributed by atoms with van der Waals surface area (Å²) in [4.78, 5) is 39.2. The van der Waals surface area contributed by atoms with Crippen LogP contribution in [0.5, 0.6) is 0 Å². The van der Waals surface area contributed by atoms with Crippen LogP contribution in [0.3, 0.4) is 0 Å². The van der Waals surface area contributed by atoms with Gasteiger partial charge in [0.05, 0.1) is 23.4 Å². The molecule has 3 fully saturated rings. The zero-order chi connectivity index (χ0) is 26.8. The molecule has 3 rings (SSSR count). The lowest BCUT2D eigenvalue weighted by Crippen LogP contribution is -2.50. The molecule has 5 unspecified atom stereocenters. The fourth-order valence-electron chi connectivity index (χ4n) is 7.50. The largest absolute Gasteiger partial charge is 0.459 e. The van der Waals surface area contributed by atoms with Gasteiger partial charge in [0.15, 0.2) is 0 Å². The predicted octanol–water partition coefficient (Wildman–Crippen LogP) is 5.69. The van der Waals surface area contributed by atoms with Gasteiger partial charge in [-0.15, -0.1) is 0 Å². The van der Waals surface area contributed by atoms with E-state index in [0.29, 0.717) is 18.3 Å². The number of ether oxygens (including phenoxy) is 2. The number of aliphatic hydroxyl groups is 1. The van der Waals surface area contributed by atoms with Crippen molar-refractivity contribution in [1.29, 1.82) is 0 Å². The maximum absolute atomic E-state index is 13.8. The molecule has 6 heteroatoms. The van der Waals surface area contributed by atoms with E-state index in [9.17, 15) is 19.5 Å². The smallest absolute Gasteiger partial charge is 0.318 e. The van der Waals surface area contributed by atoms with E-state index in [-0.39, 0.29) is 11.4 Å². The Morgan fingerprint density at radius 2 is 1.43 bits per heavy atom. The number of hydrogen-bond acceptors (Lipinski definition) is 6. The quantitative estimate of drug-likeness (QED) is 0.392. The summed E-state index contributed by atoms with van der Waals surface area (Å²) in [6.07, 6.45) is 4.54. The van der Waals surface area contributed by atoms with Crippen LogP contribution in [0.1, 0.15) is 108 Å². The Bertz CT molecular complexity index is 839. The highest BCUT2D eigenvalue weighted by Crippen LogP contribution is 2.52. The van der Waals surface area contributed by atoms with Crippen molar-refractivity contribution in [3.05, 3.63) is 0 Å². The van der Waals surface area contributed by atoms with Gasteiger partial charge in [-0.2, -0.15) is 0 Å². The van der Waals surface area contributed by atoms with Crippen molar-refractivity contribution in [1.82, 2.24) is 0 Å². The molecule has 3 aliphatic rings. The van der Waals surface area contributed by atoms with Crippen molar-refractivity contribution in [2.45, 2.75) is 119 Å². The minimum atomic E-state index is -0.638. The molecule has 200 valence electrons. The SMILES string of the molecule is CC1(O)CC2CC(C1)CC(C)(OC(=O)C(CC(C)(C)C1C(=O)OC(=O)C1C(C)(C)C)C(C)(C)C)C2. The molecule has 0 radical (unpaired) electrons. The Balaban J connectivity index is 1.81. The molecule has 5 atom stereocenters. The number of esters is 3. The van der Waals surface area contributed by atoms with Gasteiger partial charge in [-0.1, -0.05) is 55.4 Å². The third-order valence-corrected chi connectivity index (χ3v) is 8.79. The lowest BCUT2D eigenvalue weighted by atomic mass is 9.60. The van der Waals surface area contributed by atoms with E-state index in [0.717, 1.165) is 32.1 Å². The van der Waals surface area contributed by atoms with Gasteiger partial charge in [0.1, 0.15) is 5.60 Å². The highest BCUT2D eigenvalue weighted by Gasteiger charge is 2.57. The maximum atomic E-state index is 13.8. The van der Waals surface area contributed by atoms with Gasteiger partial charge in [-0.05, 0) is 80.5 Å². The van der Waals surface area contributed by atoms with Crippen LogP contribution in [0.2, 0.25) is 0 Å². The van der Waals surface area contributed by atoms with Crippen molar-refractivity contribution in [3.8, 4) is 0 Å². The Labute approximate surface area is 211 Å². The first-order valence-electron chi connectivity index (χ1n) is 13.3. The number of cyclic esters (lactones) is 2. The summed E-state index contributed by atoms with van der Waals surface area (Å²) < 4.78 is 11.4. The first-order valence-corrected chi connectivity index (χ1v) is 13.3. The summed E-state index contributed by atoms with van der Waals surface area (Å²) in [6.45, 7) is 19.8. The molecule has 0 aromatic heterocycles. The summed E-state index contributed by atoms with van der Waals surface area (Å²) in [5.41, 5.74) is -2.64. The first-order chi connectivity index (χ1) is 15.6. The lowest BCUT2D eigenvalue weighted by molar-refractivity contribution is -0.181. The van der Waals surface area contributed by atoms with E-state index >= 15 is 0 Å². The summed E-state index contributed by atoms with van der Waals surface area (Å²) in [7, 11) is 0. The Morgan fingerprint density at radius 1 is 0.943 bits per heavy atom. The summed E-state index contributed by atoms with van der Waals surface area (Å²) >= 11 is 0. The molecule has 6 nitrogen and oxygen atoms in total. The van der Waals surface area contributed by atoms with Crippen molar-refractivity contribution in [2.75, 3.05) is 0 Å². The van der Waals surface area contributed by atoms with E-state index in [2.05, 4.69) is 0 Å². The molecule has 0 spiro atoms. The highest BCUT2D eigenvalue weighted by atomic mass is 16.6. The average molecular weight is 493 g/mol. The minimum absolute atomic E-state index is 0.232. The van der Waals surface area contributed by atoms with E-state index in [1.54, 1.807) is 0 Å². The number of hydrogen-bond donors (Lipinski definition) is 1. The van der Waals surface area contributed by atoms with E-state index < -0.39 is 51.7 Å². The van der Waals surface area contributed by atoms with E-state index in [1.807, 2.05) is 69.2 Å². The summed E-state index contributed by atoms with van der Waals surface area (Å²) in [5, 5.41) is 10.6. The van der Waals surface area contributed by atoms with Crippen LogP contribution in [-0.2, 0) is 23.9 Å². The van der Waals surface area contributed by atoms with E-state index in [4.69, 9.17) is 9.47 Å². The molecular weight excluding hydrogens is 444 g/mol. The van der Waals surface area contributed by atoms with Gasteiger partial charge in [0.2, 0.25) is 0 Å². The van der Waals surface area contributed by atoms with Gasteiger partial charge in [0.25, 0.3) is 0 Å². The molecule has 2 bridgehead atoms. The van der Waals surface area contributed by atoms with Gasteiger partial charge >= 0.3 is 17.9 Å². The zero-order valence-corrected chi connectivity index (χ0v) is 23.6. The molecule has 1 heterocycles. The number of carbonyl (C=O) groups is 3. The molecule has 1 aliphatic heterocycles. The zero-order valence-electron chi connectivity index (χ0n) is 23.6.